The molecule has 0 aliphatic carbocycles. The Morgan fingerprint density at radius 1 is 1.00 bits per heavy atom. The van der Waals surface area contributed by atoms with E-state index < -0.39 is 10.0 Å². The largest absolute Gasteiger partial charge is 0.322 e. The SMILES string of the molecule is CN(C)S(=O)(=O)c1ccc(NC(=O)c2cccc3cccnc23)cc1. The molecule has 1 heterocycles. The van der Waals surface area contributed by atoms with Gasteiger partial charge in [0, 0.05) is 31.4 Å². The molecule has 2 aromatic carbocycles. The number of fused-ring (bicyclic) bond motifs is 1. The molecule has 0 saturated carbocycles. The fourth-order valence-electron chi connectivity index (χ4n) is 2.41. The van der Waals surface area contributed by atoms with E-state index >= 15 is 0 Å². The maximum atomic E-state index is 12.5. The van der Waals surface area contributed by atoms with E-state index in [4.69, 9.17) is 0 Å². The lowest BCUT2D eigenvalue weighted by Crippen LogP contribution is -2.22. The van der Waals surface area contributed by atoms with Gasteiger partial charge in [-0.15, -0.1) is 0 Å². The molecule has 1 N–H and O–H groups in total. The first-order valence-electron chi connectivity index (χ1n) is 7.57. The lowest BCUT2D eigenvalue weighted by Gasteiger charge is -2.12. The van der Waals surface area contributed by atoms with Crippen LogP contribution < -0.4 is 5.32 Å². The van der Waals surface area contributed by atoms with Crippen LogP contribution in [0.25, 0.3) is 10.9 Å². The Morgan fingerprint density at radius 2 is 1.68 bits per heavy atom. The van der Waals surface area contributed by atoms with Crippen LogP contribution in [0, 0.1) is 0 Å². The van der Waals surface area contributed by atoms with Crippen LogP contribution in [0.15, 0.2) is 65.7 Å². The molecule has 0 saturated heterocycles. The van der Waals surface area contributed by atoms with Crippen LogP contribution >= 0.6 is 0 Å². The Labute approximate surface area is 146 Å². The predicted molar refractivity (Wildman–Crippen MR) is 97.0 cm³/mol. The standard InChI is InChI=1S/C18H17N3O3S/c1-21(2)25(23,24)15-10-8-14(9-11-15)20-18(22)16-7-3-5-13-6-4-12-19-17(13)16/h3-12H,1-2H3,(H,20,22). The molecule has 0 atom stereocenters. The predicted octanol–water partition coefficient (Wildman–Crippen LogP) is 2.74. The highest BCUT2D eigenvalue weighted by atomic mass is 32.2. The number of carbonyl (C=O) groups is 1. The molecule has 0 spiro atoms. The molecule has 1 aromatic heterocycles. The van der Waals surface area contributed by atoms with Crippen LogP contribution in [0.5, 0.6) is 0 Å². The molecule has 6 nitrogen and oxygen atoms in total. The van der Waals surface area contributed by atoms with Crippen molar-refractivity contribution >= 4 is 32.5 Å². The number of carbonyl (C=O) groups excluding carboxylic acids is 1. The van der Waals surface area contributed by atoms with Gasteiger partial charge in [0.05, 0.1) is 16.0 Å². The van der Waals surface area contributed by atoms with Crippen molar-refractivity contribution in [3.63, 3.8) is 0 Å². The number of aromatic nitrogens is 1. The van der Waals surface area contributed by atoms with Gasteiger partial charge in [-0.2, -0.15) is 0 Å². The van der Waals surface area contributed by atoms with Crippen molar-refractivity contribution in [3.05, 3.63) is 66.4 Å². The summed E-state index contributed by atoms with van der Waals surface area (Å²) in [5, 5.41) is 3.65. The summed E-state index contributed by atoms with van der Waals surface area (Å²) in [6, 6.07) is 15.1. The van der Waals surface area contributed by atoms with E-state index in [1.165, 1.54) is 26.2 Å². The van der Waals surface area contributed by atoms with E-state index in [1.54, 1.807) is 30.5 Å². The van der Waals surface area contributed by atoms with Crippen LogP contribution in [0.3, 0.4) is 0 Å². The molecule has 0 radical (unpaired) electrons. The maximum absolute atomic E-state index is 12.5. The molecule has 1 amide bonds. The molecule has 25 heavy (non-hydrogen) atoms. The topological polar surface area (TPSA) is 79.4 Å². The van der Waals surface area contributed by atoms with Gasteiger partial charge >= 0.3 is 0 Å². The molecule has 128 valence electrons. The highest BCUT2D eigenvalue weighted by Gasteiger charge is 2.17. The monoisotopic (exact) mass is 355 g/mol. The second-order valence-electron chi connectivity index (χ2n) is 5.65. The van der Waals surface area contributed by atoms with Crippen LogP contribution in [0.2, 0.25) is 0 Å². The van der Waals surface area contributed by atoms with E-state index in [0.29, 0.717) is 16.8 Å². The number of para-hydroxylation sites is 1. The first kappa shape index (κ1) is 17.1. The second-order valence-corrected chi connectivity index (χ2v) is 7.80. The van der Waals surface area contributed by atoms with Crippen LogP contribution in [-0.2, 0) is 10.0 Å². The summed E-state index contributed by atoms with van der Waals surface area (Å²) in [5.41, 5.74) is 1.59. The van der Waals surface area contributed by atoms with Crippen LogP contribution in [0.1, 0.15) is 10.4 Å². The van der Waals surface area contributed by atoms with Crippen molar-refractivity contribution in [2.75, 3.05) is 19.4 Å². The second kappa shape index (κ2) is 6.62. The Balaban J connectivity index is 1.86. The lowest BCUT2D eigenvalue weighted by molar-refractivity contribution is 0.102. The van der Waals surface area contributed by atoms with Crippen molar-refractivity contribution in [1.29, 1.82) is 0 Å². The van der Waals surface area contributed by atoms with E-state index in [9.17, 15) is 13.2 Å². The van der Waals surface area contributed by atoms with Gasteiger partial charge < -0.3 is 5.32 Å². The molecule has 3 rings (SSSR count). The molecule has 0 unspecified atom stereocenters. The van der Waals surface area contributed by atoms with Gasteiger partial charge in [0.2, 0.25) is 10.0 Å². The maximum Gasteiger partial charge on any atom is 0.257 e. The normalized spacial score (nSPS) is 11.6. The molecule has 0 fully saturated rings. The van der Waals surface area contributed by atoms with Gasteiger partial charge in [-0.25, -0.2) is 12.7 Å². The summed E-state index contributed by atoms with van der Waals surface area (Å²) in [6.07, 6.45) is 1.64. The minimum atomic E-state index is -3.49. The van der Waals surface area contributed by atoms with Crippen molar-refractivity contribution < 1.29 is 13.2 Å². The van der Waals surface area contributed by atoms with E-state index in [0.717, 1.165) is 9.69 Å². The highest BCUT2D eigenvalue weighted by Crippen LogP contribution is 2.20. The smallest absolute Gasteiger partial charge is 0.257 e. The quantitative estimate of drug-likeness (QED) is 0.780. The lowest BCUT2D eigenvalue weighted by atomic mass is 10.1. The average molecular weight is 355 g/mol. The van der Waals surface area contributed by atoms with Gasteiger partial charge in [-0.3, -0.25) is 9.78 Å². The minimum absolute atomic E-state index is 0.169. The number of amides is 1. The third-order valence-corrected chi connectivity index (χ3v) is 5.60. The number of hydrogen-bond acceptors (Lipinski definition) is 4. The molecule has 3 aromatic rings. The van der Waals surface area contributed by atoms with Crippen molar-refractivity contribution in [1.82, 2.24) is 9.29 Å². The van der Waals surface area contributed by atoms with Crippen molar-refractivity contribution in [2.45, 2.75) is 4.90 Å². The summed E-state index contributed by atoms with van der Waals surface area (Å²) in [4.78, 5) is 17.0. The number of rotatable bonds is 4. The number of nitrogens with zero attached hydrogens (tertiary/aromatic N) is 2. The molecule has 0 aliphatic rings. The molecular formula is C18H17N3O3S. The van der Waals surface area contributed by atoms with Crippen molar-refractivity contribution in [3.8, 4) is 0 Å². The zero-order valence-electron chi connectivity index (χ0n) is 13.8. The zero-order chi connectivity index (χ0) is 18.0. The zero-order valence-corrected chi connectivity index (χ0v) is 14.6. The summed E-state index contributed by atoms with van der Waals surface area (Å²) in [7, 11) is -0.551. The molecule has 0 bridgehead atoms. The Bertz CT molecular complexity index is 1020. The van der Waals surface area contributed by atoms with E-state index in [-0.39, 0.29) is 10.8 Å². The summed E-state index contributed by atoms with van der Waals surface area (Å²) >= 11 is 0. The number of sulfonamides is 1. The van der Waals surface area contributed by atoms with E-state index in [2.05, 4.69) is 10.3 Å². The molecular weight excluding hydrogens is 338 g/mol. The first-order valence-corrected chi connectivity index (χ1v) is 9.01. The summed E-state index contributed by atoms with van der Waals surface area (Å²) in [5.74, 6) is -0.299. The Morgan fingerprint density at radius 3 is 2.36 bits per heavy atom. The first-order chi connectivity index (χ1) is 11.9. The molecule has 7 heteroatoms. The summed E-state index contributed by atoms with van der Waals surface area (Å²) < 4.78 is 25.3. The number of nitrogens with one attached hydrogen (secondary N) is 1. The van der Waals surface area contributed by atoms with Gasteiger partial charge in [-0.1, -0.05) is 18.2 Å². The number of anilines is 1. The van der Waals surface area contributed by atoms with Crippen molar-refractivity contribution in [2.24, 2.45) is 0 Å². The van der Waals surface area contributed by atoms with Crippen LogP contribution in [0.4, 0.5) is 5.69 Å². The molecule has 0 aliphatic heterocycles. The van der Waals surface area contributed by atoms with Gasteiger partial charge in [-0.05, 0) is 36.4 Å². The number of benzene rings is 2. The Hall–Kier alpha value is -2.77. The van der Waals surface area contributed by atoms with Gasteiger partial charge in [0.1, 0.15) is 0 Å². The Kier molecular flexibility index (Phi) is 4.52. The minimum Gasteiger partial charge on any atom is -0.322 e. The fraction of sp³-hybridized carbons (Fsp3) is 0.111. The van der Waals surface area contributed by atoms with Gasteiger partial charge in [0.15, 0.2) is 0 Å². The third kappa shape index (κ3) is 3.38. The third-order valence-electron chi connectivity index (χ3n) is 3.77. The average Bonchev–Trinajstić information content (AvgIpc) is 2.61. The number of pyridine rings is 1. The summed E-state index contributed by atoms with van der Waals surface area (Å²) in [6.45, 7) is 0. The fourth-order valence-corrected chi connectivity index (χ4v) is 3.31. The van der Waals surface area contributed by atoms with E-state index in [1.807, 2.05) is 18.2 Å². The van der Waals surface area contributed by atoms with Gasteiger partial charge in [0.25, 0.3) is 5.91 Å². The highest BCUT2D eigenvalue weighted by molar-refractivity contribution is 7.89. The number of hydrogen-bond donors (Lipinski definition) is 1. The van der Waals surface area contributed by atoms with Crippen LogP contribution in [-0.4, -0.2) is 37.7 Å².